The average molecular weight is 588 g/mol. The van der Waals surface area contributed by atoms with Crippen LogP contribution in [0.5, 0.6) is 0 Å². The van der Waals surface area contributed by atoms with Gasteiger partial charge in [0.25, 0.3) is 0 Å². The number of hydrogen-bond acceptors (Lipinski definition) is 3. The summed E-state index contributed by atoms with van der Waals surface area (Å²) >= 11 is 0. The highest BCUT2D eigenvalue weighted by Gasteiger charge is 2.33. The zero-order valence-electron chi connectivity index (χ0n) is 26.8. The van der Waals surface area contributed by atoms with Gasteiger partial charge in [0.15, 0.2) is 0 Å². The molecule has 4 aromatic rings. The zero-order chi connectivity index (χ0) is 30.7. The third-order valence-electron chi connectivity index (χ3n) is 9.43. The third-order valence-corrected chi connectivity index (χ3v) is 9.43. The first-order chi connectivity index (χ1) is 21.4. The molecule has 1 saturated carbocycles. The maximum absolute atomic E-state index is 13.4. The summed E-state index contributed by atoms with van der Waals surface area (Å²) in [6.45, 7) is 8.49. The van der Waals surface area contributed by atoms with Crippen molar-refractivity contribution in [1.82, 2.24) is 4.90 Å². The summed E-state index contributed by atoms with van der Waals surface area (Å²) in [6.07, 6.45) is 5.48. The molecule has 0 aliphatic heterocycles. The molecular weight excluding hydrogens is 538 g/mol. The van der Waals surface area contributed by atoms with Crippen molar-refractivity contribution in [3.8, 4) is 11.1 Å². The fraction of sp³-hybridized carbons (Fsp3) is 0.390. The number of carbonyl (C=O) groups is 1. The molecule has 1 aliphatic carbocycles. The van der Waals surface area contributed by atoms with E-state index in [1.807, 2.05) is 0 Å². The lowest BCUT2D eigenvalue weighted by Crippen LogP contribution is -2.38. The summed E-state index contributed by atoms with van der Waals surface area (Å²) in [7, 11) is 0. The van der Waals surface area contributed by atoms with Crippen LogP contribution in [0.4, 0.5) is 0 Å². The van der Waals surface area contributed by atoms with Crippen LogP contribution in [-0.4, -0.2) is 23.0 Å². The first kappa shape index (κ1) is 31.7. The van der Waals surface area contributed by atoms with Gasteiger partial charge in [0.2, 0.25) is 0 Å². The lowest BCUT2D eigenvalue weighted by molar-refractivity contribution is -0.156. The molecule has 0 amide bonds. The fourth-order valence-corrected chi connectivity index (χ4v) is 6.86. The number of ether oxygens (including phenoxy) is 1. The molecule has 4 atom stereocenters. The second-order valence-corrected chi connectivity index (χ2v) is 13.2. The van der Waals surface area contributed by atoms with Crippen LogP contribution in [0.25, 0.3) is 11.1 Å². The maximum atomic E-state index is 13.4. The minimum Gasteiger partial charge on any atom is -0.462 e. The monoisotopic (exact) mass is 587 g/mol. The molecule has 44 heavy (non-hydrogen) atoms. The molecule has 3 nitrogen and oxygen atoms in total. The van der Waals surface area contributed by atoms with E-state index in [0.29, 0.717) is 24.2 Å². The molecule has 0 N–H and O–H groups in total. The minimum atomic E-state index is -0.0430. The highest BCUT2D eigenvalue weighted by Crippen LogP contribution is 2.35. The lowest BCUT2D eigenvalue weighted by atomic mass is 9.75. The Morgan fingerprint density at radius 3 is 1.84 bits per heavy atom. The maximum Gasteiger partial charge on any atom is 0.306 e. The van der Waals surface area contributed by atoms with Crippen LogP contribution in [0.1, 0.15) is 69.6 Å². The molecule has 0 bridgehead atoms. The molecular formula is C41H49NO2. The quantitative estimate of drug-likeness (QED) is 0.146. The van der Waals surface area contributed by atoms with Crippen LogP contribution < -0.4 is 0 Å². The summed E-state index contributed by atoms with van der Waals surface area (Å²) < 4.78 is 6.26. The van der Waals surface area contributed by atoms with Crippen LogP contribution in [0.15, 0.2) is 115 Å². The van der Waals surface area contributed by atoms with Crippen LogP contribution in [-0.2, 0) is 29.0 Å². The minimum absolute atomic E-state index is 0.0416. The molecule has 0 spiro atoms. The van der Waals surface area contributed by atoms with Crippen molar-refractivity contribution < 1.29 is 9.53 Å². The molecule has 0 aromatic heterocycles. The van der Waals surface area contributed by atoms with Crippen molar-refractivity contribution in [3.63, 3.8) is 0 Å². The Bertz CT molecular complexity index is 1360. The lowest BCUT2D eigenvalue weighted by Gasteiger charge is -2.37. The van der Waals surface area contributed by atoms with E-state index in [-0.39, 0.29) is 18.1 Å². The van der Waals surface area contributed by atoms with E-state index < -0.39 is 0 Å². The predicted molar refractivity (Wildman–Crippen MR) is 182 cm³/mol. The average Bonchev–Trinajstić information content (AvgIpc) is 3.04. The number of rotatable bonds is 13. The number of nitrogens with zero attached hydrogens (tertiary/aromatic N) is 1. The van der Waals surface area contributed by atoms with E-state index in [1.54, 1.807) is 0 Å². The molecule has 1 unspecified atom stereocenters. The summed E-state index contributed by atoms with van der Waals surface area (Å²) in [5.74, 6) is 1.56. The molecule has 0 heterocycles. The Morgan fingerprint density at radius 2 is 1.27 bits per heavy atom. The highest BCUT2D eigenvalue weighted by molar-refractivity contribution is 5.69. The normalized spacial score (nSPS) is 19.2. The Hall–Kier alpha value is -3.69. The molecule has 5 rings (SSSR count). The number of carbonyl (C=O) groups excluding carboxylic acids is 1. The van der Waals surface area contributed by atoms with E-state index in [0.717, 1.165) is 38.8 Å². The van der Waals surface area contributed by atoms with Crippen molar-refractivity contribution in [3.05, 3.63) is 132 Å². The molecule has 1 aliphatic rings. The van der Waals surface area contributed by atoms with Gasteiger partial charge in [-0.1, -0.05) is 142 Å². The Balaban J connectivity index is 1.36. The number of benzene rings is 4. The first-order valence-corrected chi connectivity index (χ1v) is 16.6. The van der Waals surface area contributed by atoms with Gasteiger partial charge in [0.1, 0.15) is 6.10 Å². The molecule has 1 fully saturated rings. The predicted octanol–water partition coefficient (Wildman–Crippen LogP) is 9.75. The topological polar surface area (TPSA) is 29.5 Å². The summed E-state index contributed by atoms with van der Waals surface area (Å²) in [4.78, 5) is 16.0. The van der Waals surface area contributed by atoms with Gasteiger partial charge in [-0.25, -0.2) is 0 Å². The Labute approximate surface area is 265 Å². The van der Waals surface area contributed by atoms with Crippen LogP contribution in [0.2, 0.25) is 0 Å². The van der Waals surface area contributed by atoms with E-state index in [2.05, 4.69) is 141 Å². The van der Waals surface area contributed by atoms with Crippen molar-refractivity contribution in [2.24, 2.45) is 17.8 Å². The molecule has 4 aromatic carbocycles. The molecule has 0 saturated heterocycles. The van der Waals surface area contributed by atoms with Crippen LogP contribution in [0.3, 0.4) is 0 Å². The van der Waals surface area contributed by atoms with Crippen molar-refractivity contribution in [2.45, 2.75) is 84.5 Å². The van der Waals surface area contributed by atoms with Gasteiger partial charge in [-0.15, -0.1) is 0 Å². The highest BCUT2D eigenvalue weighted by atomic mass is 16.5. The summed E-state index contributed by atoms with van der Waals surface area (Å²) in [5.41, 5.74) is 6.30. The van der Waals surface area contributed by atoms with Gasteiger partial charge in [-0.3, -0.25) is 9.69 Å². The fourth-order valence-electron chi connectivity index (χ4n) is 6.86. The van der Waals surface area contributed by atoms with Crippen molar-refractivity contribution in [2.75, 3.05) is 0 Å². The standard InChI is InChI=1S/C41H49NO2/c1-31(2)39-25-19-32(3)27-40(39)44-41(43)26-24-38(28-33-20-22-37(23-21-33)36-17-11-6-12-18-36)42(29-34-13-7-4-8-14-34)30-35-15-9-5-10-16-35/h4-18,20-23,31-32,38-40H,19,24-30H2,1-3H3/t32-,38?,39+,40-/m0/s1. The van der Waals surface area contributed by atoms with Gasteiger partial charge < -0.3 is 4.74 Å². The summed E-state index contributed by atoms with van der Waals surface area (Å²) in [6, 6.07) is 41.1. The van der Waals surface area contributed by atoms with Gasteiger partial charge in [0.05, 0.1) is 0 Å². The molecule has 230 valence electrons. The van der Waals surface area contributed by atoms with Crippen LogP contribution in [0, 0.1) is 17.8 Å². The van der Waals surface area contributed by atoms with Gasteiger partial charge in [0, 0.05) is 25.6 Å². The second kappa shape index (κ2) is 15.9. The van der Waals surface area contributed by atoms with E-state index in [9.17, 15) is 4.79 Å². The van der Waals surface area contributed by atoms with Crippen LogP contribution >= 0.6 is 0 Å². The van der Waals surface area contributed by atoms with E-state index in [4.69, 9.17) is 4.74 Å². The molecule has 3 heteroatoms. The largest absolute Gasteiger partial charge is 0.462 e. The Kier molecular flexibility index (Phi) is 11.4. The number of hydrogen-bond donors (Lipinski definition) is 0. The van der Waals surface area contributed by atoms with Crippen molar-refractivity contribution in [1.29, 1.82) is 0 Å². The van der Waals surface area contributed by atoms with Crippen molar-refractivity contribution >= 4 is 5.97 Å². The third kappa shape index (κ3) is 9.16. The zero-order valence-corrected chi connectivity index (χ0v) is 26.8. The van der Waals surface area contributed by atoms with Gasteiger partial charge in [-0.2, -0.15) is 0 Å². The van der Waals surface area contributed by atoms with E-state index in [1.165, 1.54) is 34.2 Å². The Morgan fingerprint density at radius 1 is 0.727 bits per heavy atom. The first-order valence-electron chi connectivity index (χ1n) is 16.6. The summed E-state index contributed by atoms with van der Waals surface area (Å²) in [5, 5.41) is 0. The van der Waals surface area contributed by atoms with Gasteiger partial charge >= 0.3 is 5.97 Å². The molecule has 0 radical (unpaired) electrons. The SMILES string of the molecule is CC(C)[C@H]1CC[C@H](C)C[C@@H]1OC(=O)CCC(Cc1ccc(-c2ccccc2)cc1)N(Cc1ccccc1)Cc1ccccc1. The smallest absolute Gasteiger partial charge is 0.306 e. The van der Waals surface area contributed by atoms with E-state index >= 15 is 0 Å². The van der Waals surface area contributed by atoms with Gasteiger partial charge in [-0.05, 0) is 71.3 Å². The number of esters is 1. The second-order valence-electron chi connectivity index (χ2n) is 13.2.